The molecule has 2 nitrogen and oxygen atoms in total. The van der Waals surface area contributed by atoms with Crippen LogP contribution in [0, 0.1) is 0 Å². The van der Waals surface area contributed by atoms with Gasteiger partial charge in [0.05, 0.1) is 15.1 Å². The molecule has 0 amide bonds. The summed E-state index contributed by atoms with van der Waals surface area (Å²) in [5.41, 5.74) is -0.0939. The summed E-state index contributed by atoms with van der Waals surface area (Å²) in [6.07, 6.45) is 4.68. The Bertz CT molecular complexity index is 470. The lowest BCUT2D eigenvalue weighted by atomic mass is 10.3. The summed E-state index contributed by atoms with van der Waals surface area (Å²) in [5, 5.41) is 4.94. The second kappa shape index (κ2) is 4.75. The molecule has 18 heavy (non-hydrogen) atoms. The summed E-state index contributed by atoms with van der Waals surface area (Å²) in [6.45, 7) is 0.883. The molecule has 98 valence electrons. The van der Waals surface area contributed by atoms with Crippen molar-refractivity contribution in [2.24, 2.45) is 0 Å². The van der Waals surface area contributed by atoms with Crippen molar-refractivity contribution in [3.63, 3.8) is 0 Å². The van der Waals surface area contributed by atoms with Gasteiger partial charge in [0.25, 0.3) is 0 Å². The van der Waals surface area contributed by atoms with E-state index in [0.717, 1.165) is 19.4 Å². The molecule has 1 N–H and O–H groups in total. The maximum Gasteiger partial charge on any atom is 0.140 e. The summed E-state index contributed by atoms with van der Waals surface area (Å²) in [5.74, 6) is 0.626. The molecule has 0 bridgehead atoms. The van der Waals surface area contributed by atoms with Gasteiger partial charge in [-0.2, -0.15) is 0 Å². The fraction of sp³-hybridized carbons (Fsp3) is 0.538. The van der Waals surface area contributed by atoms with Gasteiger partial charge in [-0.25, -0.2) is 0 Å². The lowest BCUT2D eigenvalue weighted by molar-refractivity contribution is 0.175. The molecule has 0 radical (unpaired) electrons. The number of hydrogen-bond acceptors (Lipinski definition) is 2. The molecule has 1 aromatic carbocycles. The predicted molar refractivity (Wildman–Crippen MR) is 75.1 cm³/mol. The van der Waals surface area contributed by atoms with Crippen molar-refractivity contribution in [2.45, 2.75) is 37.3 Å². The lowest BCUT2D eigenvalue weighted by Crippen LogP contribution is -2.34. The van der Waals surface area contributed by atoms with Crippen molar-refractivity contribution in [1.82, 2.24) is 5.32 Å². The van der Waals surface area contributed by atoms with Gasteiger partial charge in [-0.05, 0) is 31.7 Å². The molecular formula is C13H14Cl3NO. The molecular weight excluding hydrogens is 293 g/mol. The topological polar surface area (TPSA) is 21.3 Å². The predicted octanol–water partition coefficient (Wildman–Crippen LogP) is 4.31. The number of halogens is 3. The van der Waals surface area contributed by atoms with Crippen LogP contribution in [-0.4, -0.2) is 18.2 Å². The third kappa shape index (κ3) is 2.88. The van der Waals surface area contributed by atoms with E-state index in [4.69, 9.17) is 39.5 Å². The molecule has 0 aliphatic heterocycles. The maximum absolute atomic E-state index is 6.12. The molecule has 1 aromatic rings. The van der Waals surface area contributed by atoms with E-state index in [1.54, 1.807) is 12.1 Å². The third-order valence-electron chi connectivity index (χ3n) is 3.40. The van der Waals surface area contributed by atoms with Crippen LogP contribution in [0.2, 0.25) is 15.1 Å². The van der Waals surface area contributed by atoms with E-state index in [-0.39, 0.29) is 5.60 Å². The van der Waals surface area contributed by atoms with Crippen molar-refractivity contribution >= 4 is 34.8 Å². The van der Waals surface area contributed by atoms with Crippen molar-refractivity contribution in [3.8, 4) is 5.75 Å². The second-order valence-corrected chi connectivity index (χ2v) is 6.36. The van der Waals surface area contributed by atoms with Crippen LogP contribution >= 0.6 is 34.8 Å². The molecule has 0 saturated heterocycles. The average Bonchev–Trinajstić information content (AvgIpc) is 3.20. The van der Waals surface area contributed by atoms with Gasteiger partial charge >= 0.3 is 0 Å². The minimum Gasteiger partial charge on any atom is -0.484 e. The highest BCUT2D eigenvalue weighted by Crippen LogP contribution is 2.44. The zero-order chi connectivity index (χ0) is 12.8. The summed E-state index contributed by atoms with van der Waals surface area (Å²) >= 11 is 18.0. The fourth-order valence-corrected chi connectivity index (χ4v) is 2.46. The van der Waals surface area contributed by atoms with Crippen LogP contribution in [0.5, 0.6) is 5.75 Å². The van der Waals surface area contributed by atoms with Crippen LogP contribution in [0.25, 0.3) is 0 Å². The van der Waals surface area contributed by atoms with E-state index in [1.165, 1.54) is 12.8 Å². The standard InChI is InChI=1S/C13H14Cl3NO/c14-9-5-11(16)12(6-10(9)15)18-13(3-4-13)7-17-8-1-2-8/h5-6,8,17H,1-4,7H2. The maximum atomic E-state index is 6.12. The molecule has 2 aliphatic rings. The zero-order valence-corrected chi connectivity index (χ0v) is 12.1. The Hall–Kier alpha value is -0.150. The van der Waals surface area contributed by atoms with Crippen LogP contribution < -0.4 is 10.1 Å². The number of benzene rings is 1. The molecule has 2 aliphatic carbocycles. The van der Waals surface area contributed by atoms with Crippen LogP contribution in [0.4, 0.5) is 0 Å². The van der Waals surface area contributed by atoms with E-state index in [0.29, 0.717) is 26.9 Å². The summed E-state index contributed by atoms with van der Waals surface area (Å²) < 4.78 is 6.02. The van der Waals surface area contributed by atoms with Gasteiger partial charge < -0.3 is 10.1 Å². The Labute approximate surface area is 122 Å². The fourth-order valence-electron chi connectivity index (χ4n) is 1.89. The first-order valence-corrected chi connectivity index (χ1v) is 7.28. The zero-order valence-electron chi connectivity index (χ0n) is 9.81. The first-order chi connectivity index (χ1) is 8.58. The van der Waals surface area contributed by atoms with E-state index in [1.807, 2.05) is 0 Å². The molecule has 3 rings (SSSR count). The second-order valence-electron chi connectivity index (χ2n) is 5.14. The largest absolute Gasteiger partial charge is 0.484 e. The SMILES string of the molecule is Clc1cc(Cl)c(OC2(CNC3CC3)CC2)cc1Cl. The highest BCUT2D eigenvalue weighted by molar-refractivity contribution is 6.43. The van der Waals surface area contributed by atoms with Gasteiger partial charge in [0, 0.05) is 18.7 Å². The molecule has 0 aromatic heterocycles. The number of hydrogen-bond donors (Lipinski definition) is 1. The van der Waals surface area contributed by atoms with E-state index in [2.05, 4.69) is 5.32 Å². The minimum absolute atomic E-state index is 0.0939. The molecule has 2 fully saturated rings. The first-order valence-electron chi connectivity index (χ1n) is 6.15. The number of ether oxygens (including phenoxy) is 1. The van der Waals surface area contributed by atoms with Crippen LogP contribution in [0.15, 0.2) is 12.1 Å². The van der Waals surface area contributed by atoms with E-state index in [9.17, 15) is 0 Å². The number of nitrogens with one attached hydrogen (secondary N) is 1. The summed E-state index contributed by atoms with van der Waals surface area (Å²) in [4.78, 5) is 0. The van der Waals surface area contributed by atoms with Crippen molar-refractivity contribution in [3.05, 3.63) is 27.2 Å². The first kappa shape index (κ1) is 12.9. The normalized spacial score (nSPS) is 20.8. The Morgan fingerprint density at radius 1 is 1.11 bits per heavy atom. The number of rotatable bonds is 5. The van der Waals surface area contributed by atoms with Crippen molar-refractivity contribution in [2.75, 3.05) is 6.54 Å². The van der Waals surface area contributed by atoms with Gasteiger partial charge in [0.2, 0.25) is 0 Å². The Morgan fingerprint density at radius 2 is 1.78 bits per heavy atom. The van der Waals surface area contributed by atoms with Gasteiger partial charge in [-0.3, -0.25) is 0 Å². The van der Waals surface area contributed by atoms with Crippen LogP contribution in [0.1, 0.15) is 25.7 Å². The van der Waals surface area contributed by atoms with Crippen LogP contribution in [0.3, 0.4) is 0 Å². The highest BCUT2D eigenvalue weighted by atomic mass is 35.5. The van der Waals surface area contributed by atoms with Gasteiger partial charge in [-0.15, -0.1) is 0 Å². The Morgan fingerprint density at radius 3 is 2.39 bits per heavy atom. The van der Waals surface area contributed by atoms with Gasteiger partial charge in [0.1, 0.15) is 11.4 Å². The van der Waals surface area contributed by atoms with Gasteiger partial charge in [-0.1, -0.05) is 34.8 Å². The average molecular weight is 307 g/mol. The minimum atomic E-state index is -0.0939. The smallest absolute Gasteiger partial charge is 0.140 e. The summed E-state index contributed by atoms with van der Waals surface area (Å²) in [6, 6.07) is 4.02. The molecule has 0 unspecified atom stereocenters. The van der Waals surface area contributed by atoms with Crippen molar-refractivity contribution in [1.29, 1.82) is 0 Å². The Balaban J connectivity index is 1.69. The molecule has 5 heteroatoms. The lowest BCUT2D eigenvalue weighted by Gasteiger charge is -2.20. The molecule has 0 heterocycles. The Kier molecular flexibility index (Phi) is 3.39. The quantitative estimate of drug-likeness (QED) is 0.819. The highest BCUT2D eigenvalue weighted by Gasteiger charge is 2.46. The van der Waals surface area contributed by atoms with Crippen molar-refractivity contribution < 1.29 is 4.74 Å². The molecule has 0 atom stereocenters. The van der Waals surface area contributed by atoms with E-state index >= 15 is 0 Å². The van der Waals surface area contributed by atoms with E-state index < -0.39 is 0 Å². The molecule has 2 saturated carbocycles. The molecule has 0 spiro atoms. The third-order valence-corrected chi connectivity index (χ3v) is 4.42. The summed E-state index contributed by atoms with van der Waals surface area (Å²) in [7, 11) is 0. The van der Waals surface area contributed by atoms with Crippen LogP contribution in [-0.2, 0) is 0 Å². The monoisotopic (exact) mass is 305 g/mol. The van der Waals surface area contributed by atoms with Gasteiger partial charge in [0.15, 0.2) is 0 Å².